The summed E-state index contributed by atoms with van der Waals surface area (Å²) < 4.78 is 13.1. The minimum Gasteiger partial charge on any atom is -0.309 e. The average molecular weight is 408 g/mol. The van der Waals surface area contributed by atoms with Crippen LogP contribution >= 0.6 is 11.3 Å². The molecule has 0 aliphatic rings. The summed E-state index contributed by atoms with van der Waals surface area (Å²) in [6.07, 6.45) is 0. The van der Waals surface area contributed by atoms with Crippen molar-refractivity contribution in [2.75, 3.05) is 7.05 Å². The van der Waals surface area contributed by atoms with Gasteiger partial charge in [-0.3, -0.25) is 9.69 Å². The van der Waals surface area contributed by atoms with Crippen molar-refractivity contribution in [2.45, 2.75) is 26.9 Å². The zero-order valence-corrected chi connectivity index (χ0v) is 17.4. The predicted molar refractivity (Wildman–Crippen MR) is 117 cm³/mol. The molecule has 0 saturated carbocycles. The van der Waals surface area contributed by atoms with Crippen LogP contribution in [0.25, 0.3) is 21.3 Å². The first-order valence-electron chi connectivity index (χ1n) is 9.43. The van der Waals surface area contributed by atoms with Crippen molar-refractivity contribution < 1.29 is 4.39 Å². The van der Waals surface area contributed by atoms with E-state index in [4.69, 9.17) is 4.98 Å². The fourth-order valence-corrected chi connectivity index (χ4v) is 4.58. The van der Waals surface area contributed by atoms with Crippen molar-refractivity contribution in [3.8, 4) is 11.1 Å². The number of fused-ring (bicyclic) bond motifs is 1. The summed E-state index contributed by atoms with van der Waals surface area (Å²) in [5.41, 5.74) is 4.08. The molecule has 2 heterocycles. The molecular formula is C23H22FN3OS. The van der Waals surface area contributed by atoms with Crippen molar-refractivity contribution in [1.82, 2.24) is 14.9 Å². The monoisotopic (exact) mass is 407 g/mol. The summed E-state index contributed by atoms with van der Waals surface area (Å²) in [5.74, 6) is 0.383. The van der Waals surface area contributed by atoms with Gasteiger partial charge in [0.05, 0.1) is 11.9 Å². The number of hydrogen-bond donors (Lipinski definition) is 1. The van der Waals surface area contributed by atoms with Crippen molar-refractivity contribution >= 4 is 21.6 Å². The third kappa shape index (κ3) is 4.13. The fourth-order valence-electron chi connectivity index (χ4n) is 3.52. The Bertz CT molecular complexity index is 1210. The number of thiophene rings is 1. The van der Waals surface area contributed by atoms with Gasteiger partial charge in [0, 0.05) is 17.0 Å². The standard InChI is InChI=1S/C23H22FN3OS/c1-14-4-8-17(9-5-14)20-15(2)29-23-21(20)22(28)25-19(26-23)13-27(3)12-16-6-10-18(24)11-7-16/h4-11H,12-13H2,1-3H3,(H,25,26,28). The lowest BCUT2D eigenvalue weighted by molar-refractivity contribution is 0.310. The predicted octanol–water partition coefficient (Wildman–Crippen LogP) is 5.04. The van der Waals surface area contributed by atoms with Crippen molar-refractivity contribution in [2.24, 2.45) is 0 Å². The van der Waals surface area contributed by atoms with Gasteiger partial charge in [-0.05, 0) is 44.2 Å². The Labute approximate surface area is 172 Å². The molecule has 0 unspecified atom stereocenters. The average Bonchev–Trinajstić information content (AvgIpc) is 3.00. The molecule has 0 spiro atoms. The van der Waals surface area contributed by atoms with E-state index in [-0.39, 0.29) is 11.4 Å². The number of aryl methyl sites for hydroxylation is 2. The zero-order valence-electron chi connectivity index (χ0n) is 16.6. The van der Waals surface area contributed by atoms with Crippen molar-refractivity contribution in [1.29, 1.82) is 0 Å². The van der Waals surface area contributed by atoms with E-state index in [1.165, 1.54) is 17.7 Å². The summed E-state index contributed by atoms with van der Waals surface area (Å²) >= 11 is 1.55. The number of H-pyrrole nitrogens is 1. The van der Waals surface area contributed by atoms with Crippen LogP contribution in [0.2, 0.25) is 0 Å². The molecule has 0 amide bonds. The summed E-state index contributed by atoms with van der Waals surface area (Å²) in [5, 5.41) is 0.654. The van der Waals surface area contributed by atoms with Crippen LogP contribution in [0.15, 0.2) is 53.3 Å². The van der Waals surface area contributed by atoms with Gasteiger partial charge in [-0.1, -0.05) is 42.0 Å². The zero-order chi connectivity index (χ0) is 20.5. The molecule has 0 fully saturated rings. The van der Waals surface area contributed by atoms with Gasteiger partial charge >= 0.3 is 0 Å². The van der Waals surface area contributed by atoms with E-state index in [1.54, 1.807) is 23.5 Å². The number of nitrogens with one attached hydrogen (secondary N) is 1. The molecule has 2 aromatic carbocycles. The number of aromatic nitrogens is 2. The summed E-state index contributed by atoms with van der Waals surface area (Å²) in [7, 11) is 1.95. The topological polar surface area (TPSA) is 49.0 Å². The fraction of sp³-hybridized carbons (Fsp3) is 0.217. The van der Waals surface area contributed by atoms with Crippen LogP contribution in [0.3, 0.4) is 0 Å². The maximum atomic E-state index is 13.1. The molecule has 148 valence electrons. The van der Waals surface area contributed by atoms with E-state index in [9.17, 15) is 9.18 Å². The first kappa shape index (κ1) is 19.5. The van der Waals surface area contributed by atoms with Crippen LogP contribution in [0.1, 0.15) is 21.8 Å². The maximum Gasteiger partial charge on any atom is 0.260 e. The normalized spacial score (nSPS) is 11.5. The second-order valence-corrected chi connectivity index (χ2v) is 8.59. The summed E-state index contributed by atoms with van der Waals surface area (Å²) in [6.45, 7) is 5.21. The number of rotatable bonds is 5. The molecule has 4 nitrogen and oxygen atoms in total. The van der Waals surface area contributed by atoms with E-state index in [0.29, 0.717) is 24.3 Å². The Kier molecular flexibility index (Phi) is 5.30. The lowest BCUT2D eigenvalue weighted by Gasteiger charge is -2.16. The Hall–Kier alpha value is -2.83. The van der Waals surface area contributed by atoms with Gasteiger partial charge in [0.1, 0.15) is 16.5 Å². The van der Waals surface area contributed by atoms with Crippen LogP contribution in [-0.2, 0) is 13.1 Å². The van der Waals surface area contributed by atoms with E-state index < -0.39 is 0 Å². The molecule has 0 aliphatic carbocycles. The largest absolute Gasteiger partial charge is 0.309 e. The molecule has 0 bridgehead atoms. The van der Waals surface area contributed by atoms with Crippen LogP contribution in [0.5, 0.6) is 0 Å². The molecular weight excluding hydrogens is 385 g/mol. The minimum absolute atomic E-state index is 0.111. The Balaban J connectivity index is 1.63. The highest BCUT2D eigenvalue weighted by atomic mass is 32.1. The third-order valence-corrected chi connectivity index (χ3v) is 5.91. The molecule has 0 atom stereocenters. The molecule has 29 heavy (non-hydrogen) atoms. The van der Waals surface area contributed by atoms with Crippen molar-refractivity contribution in [3.63, 3.8) is 0 Å². The Morgan fingerprint density at radius 1 is 1.03 bits per heavy atom. The van der Waals surface area contributed by atoms with E-state index in [2.05, 4.69) is 17.1 Å². The second kappa shape index (κ2) is 7.89. The number of benzene rings is 2. The van der Waals surface area contributed by atoms with Gasteiger partial charge in [0.25, 0.3) is 5.56 Å². The summed E-state index contributed by atoms with van der Waals surface area (Å²) in [4.78, 5) is 24.4. The van der Waals surface area contributed by atoms with E-state index in [1.807, 2.05) is 37.9 Å². The maximum absolute atomic E-state index is 13.1. The quantitative estimate of drug-likeness (QED) is 0.504. The second-order valence-electron chi connectivity index (χ2n) is 7.39. The lowest BCUT2D eigenvalue weighted by atomic mass is 10.0. The van der Waals surface area contributed by atoms with Gasteiger partial charge in [-0.15, -0.1) is 11.3 Å². The third-order valence-electron chi connectivity index (χ3n) is 4.91. The van der Waals surface area contributed by atoms with Crippen LogP contribution in [0.4, 0.5) is 4.39 Å². The Morgan fingerprint density at radius 2 is 1.72 bits per heavy atom. The first-order chi connectivity index (χ1) is 13.9. The Morgan fingerprint density at radius 3 is 2.41 bits per heavy atom. The molecule has 0 aliphatic heterocycles. The van der Waals surface area contributed by atoms with Crippen LogP contribution in [0, 0.1) is 19.7 Å². The number of halogens is 1. The highest BCUT2D eigenvalue weighted by Crippen LogP contribution is 2.35. The minimum atomic E-state index is -0.245. The molecule has 4 rings (SSSR count). The van der Waals surface area contributed by atoms with E-state index >= 15 is 0 Å². The highest BCUT2D eigenvalue weighted by Gasteiger charge is 2.17. The van der Waals surface area contributed by atoms with E-state index in [0.717, 1.165) is 26.4 Å². The molecule has 6 heteroatoms. The van der Waals surface area contributed by atoms with Gasteiger partial charge < -0.3 is 4.98 Å². The van der Waals surface area contributed by atoms with Gasteiger partial charge in [-0.2, -0.15) is 0 Å². The lowest BCUT2D eigenvalue weighted by Crippen LogP contribution is -2.21. The number of aromatic amines is 1. The van der Waals surface area contributed by atoms with Gasteiger partial charge in [0.15, 0.2) is 0 Å². The number of hydrogen-bond acceptors (Lipinski definition) is 4. The molecule has 0 radical (unpaired) electrons. The summed E-state index contributed by atoms with van der Waals surface area (Å²) in [6, 6.07) is 14.6. The molecule has 2 aromatic heterocycles. The molecule has 1 N–H and O–H groups in total. The van der Waals surface area contributed by atoms with Crippen LogP contribution in [-0.4, -0.2) is 21.9 Å². The van der Waals surface area contributed by atoms with Crippen molar-refractivity contribution in [3.05, 3.63) is 86.5 Å². The first-order valence-corrected chi connectivity index (χ1v) is 10.2. The van der Waals surface area contributed by atoms with Gasteiger partial charge in [-0.25, -0.2) is 9.37 Å². The number of nitrogens with zero attached hydrogens (tertiary/aromatic N) is 2. The molecule has 0 saturated heterocycles. The smallest absolute Gasteiger partial charge is 0.260 e. The van der Waals surface area contributed by atoms with Gasteiger partial charge in [0.2, 0.25) is 0 Å². The highest BCUT2D eigenvalue weighted by molar-refractivity contribution is 7.19. The molecule has 4 aromatic rings. The SMILES string of the molecule is Cc1ccc(-c2c(C)sc3nc(CN(C)Cc4ccc(F)cc4)[nH]c(=O)c23)cc1. The van der Waals surface area contributed by atoms with Crippen LogP contribution < -0.4 is 5.56 Å².